The summed E-state index contributed by atoms with van der Waals surface area (Å²) in [6.45, 7) is 1.37. The monoisotopic (exact) mass is 405 g/mol. The molecule has 0 bridgehead atoms. The highest BCUT2D eigenvalue weighted by Gasteiger charge is 2.23. The Balaban J connectivity index is 2.04. The Hall–Kier alpha value is -3.53. The van der Waals surface area contributed by atoms with Gasteiger partial charge in [0.25, 0.3) is 11.6 Å². The van der Waals surface area contributed by atoms with E-state index in [-0.39, 0.29) is 36.6 Å². The summed E-state index contributed by atoms with van der Waals surface area (Å²) in [4.78, 5) is 34.9. The molecule has 10 heteroatoms. The van der Waals surface area contributed by atoms with Crippen molar-refractivity contribution in [2.45, 2.75) is 19.6 Å². The molecule has 1 atom stereocenters. The number of aliphatic hydroxyl groups excluding tert-OH is 1. The molecule has 0 aliphatic rings. The van der Waals surface area contributed by atoms with Crippen LogP contribution < -0.4 is 10.6 Å². The predicted molar refractivity (Wildman–Crippen MR) is 102 cm³/mol. The third kappa shape index (κ3) is 6.25. The van der Waals surface area contributed by atoms with Gasteiger partial charge in [-0.2, -0.15) is 0 Å². The van der Waals surface area contributed by atoms with Crippen molar-refractivity contribution in [1.82, 2.24) is 5.32 Å². The Labute approximate surface area is 165 Å². The summed E-state index contributed by atoms with van der Waals surface area (Å²) in [6.07, 6.45) is -1.17. The quantitative estimate of drug-likeness (QED) is 0.330. The van der Waals surface area contributed by atoms with Crippen LogP contribution in [0.15, 0.2) is 42.5 Å². The Morgan fingerprint density at radius 1 is 1.24 bits per heavy atom. The molecule has 9 nitrogen and oxygen atoms in total. The van der Waals surface area contributed by atoms with Gasteiger partial charge in [-0.25, -0.2) is 9.18 Å². The summed E-state index contributed by atoms with van der Waals surface area (Å²) in [7, 11) is 0. The molecule has 1 amide bonds. The van der Waals surface area contributed by atoms with Crippen molar-refractivity contribution in [3.63, 3.8) is 0 Å². The lowest BCUT2D eigenvalue weighted by molar-refractivity contribution is -0.384. The number of amides is 1. The number of nitrogens with one attached hydrogen (secondary N) is 2. The molecule has 2 aromatic rings. The number of anilines is 1. The minimum absolute atomic E-state index is 0.112. The van der Waals surface area contributed by atoms with Gasteiger partial charge in [-0.3, -0.25) is 14.9 Å². The van der Waals surface area contributed by atoms with Crippen LogP contribution in [0.3, 0.4) is 0 Å². The number of hydrogen-bond acceptors (Lipinski definition) is 7. The zero-order valence-corrected chi connectivity index (χ0v) is 15.6. The highest BCUT2D eigenvalue weighted by Crippen LogP contribution is 2.23. The van der Waals surface area contributed by atoms with E-state index in [1.807, 2.05) is 0 Å². The standard InChI is InChI=1S/C19H20FN3O6/c1-12(18(25)22-11-13-2-4-14(20)5-3-13)29-19(26)16-10-15(23(27)28)6-7-17(16)21-8-9-24/h2-7,10,12,21,24H,8-9,11H2,1H3,(H,22,25)/t12-/m0/s1. The molecular weight excluding hydrogens is 385 g/mol. The fourth-order valence-electron chi connectivity index (χ4n) is 2.37. The topological polar surface area (TPSA) is 131 Å². The average Bonchev–Trinajstić information content (AvgIpc) is 2.71. The Morgan fingerprint density at radius 2 is 1.93 bits per heavy atom. The molecule has 0 saturated heterocycles. The van der Waals surface area contributed by atoms with E-state index in [9.17, 15) is 24.1 Å². The molecular formula is C19H20FN3O6. The fourth-order valence-corrected chi connectivity index (χ4v) is 2.37. The minimum atomic E-state index is -1.17. The third-order valence-corrected chi connectivity index (χ3v) is 3.89. The molecule has 154 valence electrons. The van der Waals surface area contributed by atoms with Crippen molar-refractivity contribution in [2.24, 2.45) is 0 Å². The number of hydrogen-bond donors (Lipinski definition) is 3. The molecule has 0 aromatic heterocycles. The van der Waals surface area contributed by atoms with Crippen LogP contribution in [0.4, 0.5) is 15.8 Å². The van der Waals surface area contributed by atoms with E-state index >= 15 is 0 Å². The first-order chi connectivity index (χ1) is 13.8. The molecule has 0 radical (unpaired) electrons. The number of nitro benzene ring substituents is 1. The number of esters is 1. The van der Waals surface area contributed by atoms with E-state index < -0.39 is 28.7 Å². The minimum Gasteiger partial charge on any atom is -0.449 e. The number of rotatable bonds is 9. The number of nitro groups is 1. The van der Waals surface area contributed by atoms with E-state index in [2.05, 4.69) is 10.6 Å². The number of halogens is 1. The van der Waals surface area contributed by atoms with E-state index in [1.54, 1.807) is 0 Å². The number of aliphatic hydroxyl groups is 1. The Kier molecular flexibility index (Phi) is 7.61. The Bertz CT molecular complexity index is 888. The van der Waals surface area contributed by atoms with Crippen LogP contribution in [0.25, 0.3) is 0 Å². The van der Waals surface area contributed by atoms with Gasteiger partial charge >= 0.3 is 5.97 Å². The smallest absolute Gasteiger partial charge is 0.341 e. The lowest BCUT2D eigenvalue weighted by atomic mass is 10.1. The van der Waals surface area contributed by atoms with Gasteiger partial charge in [0, 0.05) is 30.9 Å². The molecule has 2 rings (SSSR count). The van der Waals surface area contributed by atoms with Gasteiger partial charge in [-0.15, -0.1) is 0 Å². The highest BCUT2D eigenvalue weighted by molar-refractivity contribution is 5.98. The van der Waals surface area contributed by atoms with Gasteiger partial charge in [0.15, 0.2) is 6.10 Å². The molecule has 3 N–H and O–H groups in total. The second-order valence-electron chi connectivity index (χ2n) is 6.03. The first-order valence-electron chi connectivity index (χ1n) is 8.68. The third-order valence-electron chi connectivity index (χ3n) is 3.89. The maximum atomic E-state index is 12.9. The van der Waals surface area contributed by atoms with Crippen LogP contribution in [0.1, 0.15) is 22.8 Å². The lowest BCUT2D eigenvalue weighted by Gasteiger charge is -2.15. The van der Waals surface area contributed by atoms with Gasteiger partial charge in [-0.1, -0.05) is 12.1 Å². The fraction of sp³-hybridized carbons (Fsp3) is 0.263. The summed E-state index contributed by atoms with van der Waals surface area (Å²) in [6, 6.07) is 9.09. The molecule has 0 spiro atoms. The zero-order chi connectivity index (χ0) is 21.4. The molecule has 0 fully saturated rings. The van der Waals surface area contributed by atoms with Crippen LogP contribution in [-0.2, 0) is 16.1 Å². The molecule has 0 saturated carbocycles. The number of benzene rings is 2. The molecule has 0 heterocycles. The number of ether oxygens (including phenoxy) is 1. The normalized spacial score (nSPS) is 11.4. The maximum absolute atomic E-state index is 12.9. The molecule has 0 aliphatic heterocycles. The predicted octanol–water partition coefficient (Wildman–Crippen LogP) is 2.00. The summed E-state index contributed by atoms with van der Waals surface area (Å²) < 4.78 is 18.0. The zero-order valence-electron chi connectivity index (χ0n) is 15.6. The van der Waals surface area contributed by atoms with E-state index in [1.165, 1.54) is 43.3 Å². The van der Waals surface area contributed by atoms with Crippen LogP contribution in [0.5, 0.6) is 0 Å². The molecule has 0 unspecified atom stereocenters. The van der Waals surface area contributed by atoms with Gasteiger partial charge in [0.2, 0.25) is 0 Å². The molecule has 0 aliphatic carbocycles. The maximum Gasteiger partial charge on any atom is 0.341 e. The lowest BCUT2D eigenvalue weighted by Crippen LogP contribution is -2.35. The van der Waals surface area contributed by atoms with Crippen LogP contribution in [0, 0.1) is 15.9 Å². The van der Waals surface area contributed by atoms with E-state index in [0.29, 0.717) is 5.56 Å². The van der Waals surface area contributed by atoms with Crippen molar-refractivity contribution < 1.29 is 28.7 Å². The second kappa shape index (κ2) is 10.1. The largest absolute Gasteiger partial charge is 0.449 e. The van der Waals surface area contributed by atoms with E-state index in [0.717, 1.165) is 6.07 Å². The number of carbonyl (C=O) groups excluding carboxylic acids is 2. The van der Waals surface area contributed by atoms with Gasteiger partial charge < -0.3 is 20.5 Å². The van der Waals surface area contributed by atoms with Gasteiger partial charge in [0.05, 0.1) is 17.1 Å². The van der Waals surface area contributed by atoms with Gasteiger partial charge in [-0.05, 0) is 30.7 Å². The van der Waals surface area contributed by atoms with Crippen LogP contribution in [0.2, 0.25) is 0 Å². The Morgan fingerprint density at radius 3 is 2.55 bits per heavy atom. The van der Waals surface area contributed by atoms with Crippen molar-refractivity contribution >= 4 is 23.3 Å². The first-order valence-corrected chi connectivity index (χ1v) is 8.68. The highest BCUT2D eigenvalue weighted by atomic mass is 19.1. The van der Waals surface area contributed by atoms with Crippen LogP contribution in [-0.4, -0.2) is 41.2 Å². The summed E-state index contributed by atoms with van der Waals surface area (Å²) >= 11 is 0. The van der Waals surface area contributed by atoms with Crippen molar-refractivity contribution in [3.05, 3.63) is 69.5 Å². The van der Waals surface area contributed by atoms with Gasteiger partial charge in [0.1, 0.15) is 5.82 Å². The summed E-state index contributed by atoms with van der Waals surface area (Å²) in [5.41, 5.74) is 0.437. The molecule has 29 heavy (non-hydrogen) atoms. The molecule has 2 aromatic carbocycles. The van der Waals surface area contributed by atoms with Crippen molar-refractivity contribution in [2.75, 3.05) is 18.5 Å². The van der Waals surface area contributed by atoms with E-state index in [4.69, 9.17) is 9.84 Å². The number of nitrogens with zero attached hydrogens (tertiary/aromatic N) is 1. The SMILES string of the molecule is C[C@H](OC(=O)c1cc([N+](=O)[O-])ccc1NCCO)C(=O)NCc1ccc(F)cc1. The van der Waals surface area contributed by atoms with Crippen molar-refractivity contribution in [3.8, 4) is 0 Å². The van der Waals surface area contributed by atoms with Crippen LogP contribution >= 0.6 is 0 Å². The first kappa shape index (κ1) is 21.8. The average molecular weight is 405 g/mol. The number of carbonyl (C=O) groups is 2. The summed E-state index contributed by atoms with van der Waals surface area (Å²) in [5, 5.41) is 25.2. The second-order valence-corrected chi connectivity index (χ2v) is 6.03. The summed E-state index contributed by atoms with van der Waals surface area (Å²) in [5.74, 6) is -1.92. The van der Waals surface area contributed by atoms with Crippen molar-refractivity contribution in [1.29, 1.82) is 0 Å². The number of non-ortho nitro benzene ring substituents is 1.